The molecule has 0 spiro atoms. The van der Waals surface area contributed by atoms with Crippen LogP contribution in [0.4, 0.5) is 0 Å². The van der Waals surface area contributed by atoms with Gasteiger partial charge in [0.25, 0.3) is 0 Å². The molecule has 2 fully saturated rings. The Balaban J connectivity index is 2.14. The second-order valence-electron chi connectivity index (χ2n) is 5.96. The summed E-state index contributed by atoms with van der Waals surface area (Å²) in [5.74, 6) is -1.05. The third-order valence-electron chi connectivity index (χ3n) is 5.45. The highest BCUT2D eigenvalue weighted by atomic mass is 16.5. The molecule has 5 heteroatoms. The van der Waals surface area contributed by atoms with Crippen molar-refractivity contribution in [2.45, 2.75) is 26.2 Å². The molecule has 20 heavy (non-hydrogen) atoms. The van der Waals surface area contributed by atoms with Crippen LogP contribution in [0.2, 0.25) is 0 Å². The minimum absolute atomic E-state index is 0.0284. The molecule has 0 radical (unpaired) electrons. The summed E-state index contributed by atoms with van der Waals surface area (Å²) in [6.45, 7) is 1.80. The van der Waals surface area contributed by atoms with Crippen molar-refractivity contribution >= 4 is 17.7 Å². The molecule has 108 valence electrons. The standard InChI is InChI=1S/C15H18O5/c1-7-9-6-15(13(17)19-2,14(18)20-3)10-5-4-8(11(9)10)12(7)16/h8,10-11H,4-6H2,1-3H3/t8-,10+,11+/m0/s1. The number of esters is 2. The van der Waals surface area contributed by atoms with Gasteiger partial charge < -0.3 is 9.47 Å². The lowest BCUT2D eigenvalue weighted by molar-refractivity contribution is -0.172. The van der Waals surface area contributed by atoms with Gasteiger partial charge in [-0.05, 0) is 43.6 Å². The molecule has 0 aromatic rings. The highest BCUT2D eigenvalue weighted by Crippen LogP contribution is 2.64. The summed E-state index contributed by atoms with van der Waals surface area (Å²) >= 11 is 0. The van der Waals surface area contributed by atoms with Crippen molar-refractivity contribution in [3.05, 3.63) is 11.1 Å². The van der Waals surface area contributed by atoms with Crippen LogP contribution in [0.3, 0.4) is 0 Å². The number of hydrogen-bond acceptors (Lipinski definition) is 5. The van der Waals surface area contributed by atoms with E-state index in [1.807, 2.05) is 0 Å². The third-order valence-corrected chi connectivity index (χ3v) is 5.45. The Kier molecular flexibility index (Phi) is 2.78. The van der Waals surface area contributed by atoms with Crippen molar-refractivity contribution in [2.24, 2.45) is 23.2 Å². The second-order valence-corrected chi connectivity index (χ2v) is 5.96. The zero-order valence-electron chi connectivity index (χ0n) is 11.9. The number of carbonyl (C=O) groups is 3. The summed E-state index contributed by atoms with van der Waals surface area (Å²) < 4.78 is 9.78. The molecule has 2 saturated carbocycles. The fraction of sp³-hybridized carbons (Fsp3) is 0.667. The van der Waals surface area contributed by atoms with E-state index in [1.54, 1.807) is 6.92 Å². The molecule has 0 aromatic heterocycles. The number of ether oxygens (including phenoxy) is 2. The van der Waals surface area contributed by atoms with Crippen LogP contribution in [-0.4, -0.2) is 31.9 Å². The number of carbonyl (C=O) groups excluding carboxylic acids is 3. The van der Waals surface area contributed by atoms with E-state index in [1.165, 1.54) is 14.2 Å². The Hall–Kier alpha value is -1.65. The first-order chi connectivity index (χ1) is 9.48. The Morgan fingerprint density at radius 2 is 1.75 bits per heavy atom. The average Bonchev–Trinajstić information content (AvgIpc) is 3.08. The minimum atomic E-state index is -1.25. The smallest absolute Gasteiger partial charge is 0.323 e. The van der Waals surface area contributed by atoms with E-state index in [0.717, 1.165) is 17.6 Å². The van der Waals surface area contributed by atoms with Crippen LogP contribution in [0, 0.1) is 23.2 Å². The average molecular weight is 278 g/mol. The summed E-state index contributed by atoms with van der Waals surface area (Å²) in [6.07, 6.45) is 1.71. The lowest BCUT2D eigenvalue weighted by Crippen LogP contribution is -2.44. The largest absolute Gasteiger partial charge is 0.468 e. The molecular weight excluding hydrogens is 260 g/mol. The van der Waals surface area contributed by atoms with Gasteiger partial charge in [-0.2, -0.15) is 0 Å². The molecule has 5 nitrogen and oxygen atoms in total. The number of methoxy groups -OCH3 is 2. The molecular formula is C15H18O5. The first-order valence-electron chi connectivity index (χ1n) is 6.89. The molecule has 3 atom stereocenters. The highest BCUT2D eigenvalue weighted by Gasteiger charge is 2.68. The topological polar surface area (TPSA) is 69.7 Å². The zero-order valence-corrected chi connectivity index (χ0v) is 11.9. The summed E-state index contributed by atoms with van der Waals surface area (Å²) in [7, 11) is 2.58. The van der Waals surface area contributed by atoms with Gasteiger partial charge in [0.05, 0.1) is 14.2 Å². The molecule has 3 rings (SSSR count). The molecule has 0 bridgehead atoms. The van der Waals surface area contributed by atoms with Gasteiger partial charge in [0, 0.05) is 5.92 Å². The van der Waals surface area contributed by atoms with Gasteiger partial charge in [0.15, 0.2) is 11.2 Å². The number of rotatable bonds is 2. The fourth-order valence-corrected chi connectivity index (χ4v) is 4.59. The van der Waals surface area contributed by atoms with E-state index in [2.05, 4.69) is 0 Å². The van der Waals surface area contributed by atoms with Crippen molar-refractivity contribution in [1.29, 1.82) is 0 Å². The van der Waals surface area contributed by atoms with Crippen molar-refractivity contribution < 1.29 is 23.9 Å². The molecule has 0 heterocycles. The first-order valence-corrected chi connectivity index (χ1v) is 6.89. The number of ketones is 1. The van der Waals surface area contributed by atoms with Crippen LogP contribution in [0.1, 0.15) is 26.2 Å². The van der Waals surface area contributed by atoms with Gasteiger partial charge in [-0.3, -0.25) is 14.4 Å². The summed E-state index contributed by atoms with van der Waals surface area (Å²) in [5.41, 5.74) is 0.456. The monoisotopic (exact) mass is 278 g/mol. The van der Waals surface area contributed by atoms with Crippen molar-refractivity contribution in [2.75, 3.05) is 14.2 Å². The van der Waals surface area contributed by atoms with Crippen LogP contribution < -0.4 is 0 Å². The maximum atomic E-state index is 12.3. The molecule has 3 aliphatic carbocycles. The third kappa shape index (κ3) is 1.30. The lowest BCUT2D eigenvalue weighted by atomic mass is 9.75. The van der Waals surface area contributed by atoms with Crippen LogP contribution in [0.25, 0.3) is 0 Å². The van der Waals surface area contributed by atoms with Crippen molar-refractivity contribution in [3.8, 4) is 0 Å². The lowest BCUT2D eigenvalue weighted by Gasteiger charge is -2.29. The molecule has 0 saturated heterocycles. The van der Waals surface area contributed by atoms with E-state index < -0.39 is 17.4 Å². The van der Waals surface area contributed by atoms with E-state index in [4.69, 9.17) is 9.47 Å². The number of Topliss-reactive ketones (excluding diaryl/α,β-unsaturated/α-hetero) is 1. The Bertz CT molecular complexity index is 528. The van der Waals surface area contributed by atoms with Gasteiger partial charge in [-0.25, -0.2) is 0 Å². The van der Waals surface area contributed by atoms with Crippen LogP contribution in [0.15, 0.2) is 11.1 Å². The Morgan fingerprint density at radius 1 is 1.15 bits per heavy atom. The van der Waals surface area contributed by atoms with E-state index in [9.17, 15) is 14.4 Å². The maximum absolute atomic E-state index is 12.3. The first kappa shape index (κ1) is 13.3. The van der Waals surface area contributed by atoms with Crippen molar-refractivity contribution in [3.63, 3.8) is 0 Å². The molecule has 0 unspecified atom stereocenters. The number of hydrogen-bond donors (Lipinski definition) is 0. The second kappa shape index (κ2) is 4.17. The summed E-state index contributed by atoms with van der Waals surface area (Å²) in [4.78, 5) is 36.8. The summed E-state index contributed by atoms with van der Waals surface area (Å²) in [6, 6.07) is 0. The zero-order chi connectivity index (χ0) is 14.7. The van der Waals surface area contributed by atoms with Crippen LogP contribution in [-0.2, 0) is 23.9 Å². The van der Waals surface area contributed by atoms with Gasteiger partial charge in [0.1, 0.15) is 0 Å². The van der Waals surface area contributed by atoms with Crippen LogP contribution >= 0.6 is 0 Å². The van der Waals surface area contributed by atoms with Crippen molar-refractivity contribution in [1.82, 2.24) is 0 Å². The van der Waals surface area contributed by atoms with Gasteiger partial charge in [-0.1, -0.05) is 5.57 Å². The molecule has 0 N–H and O–H groups in total. The molecule has 3 aliphatic rings. The molecule has 0 aliphatic heterocycles. The van der Waals surface area contributed by atoms with E-state index in [-0.39, 0.29) is 30.0 Å². The normalized spacial score (nSPS) is 33.4. The predicted molar refractivity (Wildman–Crippen MR) is 68.5 cm³/mol. The van der Waals surface area contributed by atoms with Gasteiger partial charge in [-0.15, -0.1) is 0 Å². The van der Waals surface area contributed by atoms with Gasteiger partial charge in [0.2, 0.25) is 0 Å². The summed E-state index contributed by atoms with van der Waals surface area (Å²) in [5, 5.41) is 0. The highest BCUT2D eigenvalue weighted by molar-refractivity contribution is 6.06. The van der Waals surface area contributed by atoms with Crippen LogP contribution in [0.5, 0.6) is 0 Å². The maximum Gasteiger partial charge on any atom is 0.323 e. The SMILES string of the molecule is COC(=O)C1(C(=O)OC)CC2=C(C)C(=O)[C@H]3CC[C@@H]1[C@@H]23. The minimum Gasteiger partial charge on any atom is -0.468 e. The Labute approximate surface area is 117 Å². The predicted octanol–water partition coefficient (Wildman–Crippen LogP) is 1.26. The van der Waals surface area contributed by atoms with E-state index in [0.29, 0.717) is 6.42 Å². The Morgan fingerprint density at radius 3 is 2.30 bits per heavy atom. The quantitative estimate of drug-likeness (QED) is 0.562. The number of allylic oxidation sites excluding steroid dienone is 2. The fourth-order valence-electron chi connectivity index (χ4n) is 4.59. The van der Waals surface area contributed by atoms with Gasteiger partial charge >= 0.3 is 11.9 Å². The molecule has 0 amide bonds. The van der Waals surface area contributed by atoms with E-state index >= 15 is 0 Å². The molecule has 0 aromatic carbocycles.